The average molecular weight is 393 g/mol. The third-order valence-electron chi connectivity index (χ3n) is 5.82. The van der Waals surface area contributed by atoms with Crippen LogP contribution in [-0.4, -0.2) is 42.3 Å². The van der Waals surface area contributed by atoms with E-state index in [9.17, 15) is 4.79 Å². The number of nitrogens with one attached hydrogen (secondary N) is 2. The summed E-state index contributed by atoms with van der Waals surface area (Å²) in [6, 6.07) is 16.5. The second-order valence-corrected chi connectivity index (χ2v) is 7.82. The van der Waals surface area contributed by atoms with Gasteiger partial charge in [-0.1, -0.05) is 36.4 Å². The van der Waals surface area contributed by atoms with E-state index in [4.69, 9.17) is 4.74 Å². The minimum Gasteiger partial charge on any atom is -0.384 e. The first-order chi connectivity index (χ1) is 14.2. The number of nitrogens with zero attached hydrogens (tertiary/aromatic N) is 2. The summed E-state index contributed by atoms with van der Waals surface area (Å²) in [5.41, 5.74) is 4.03. The zero-order valence-electron chi connectivity index (χ0n) is 16.9. The van der Waals surface area contributed by atoms with E-state index < -0.39 is 5.41 Å². The third-order valence-corrected chi connectivity index (χ3v) is 5.82. The van der Waals surface area contributed by atoms with E-state index in [2.05, 4.69) is 50.5 Å². The summed E-state index contributed by atoms with van der Waals surface area (Å²) in [5, 5.41) is 6.44. The molecule has 0 radical (unpaired) electrons. The molecular weight excluding hydrogens is 364 g/mol. The van der Waals surface area contributed by atoms with Gasteiger partial charge in [-0.25, -0.2) is 4.98 Å². The Bertz CT molecular complexity index is 953. The fourth-order valence-corrected chi connectivity index (χ4v) is 4.08. The molecule has 0 bridgehead atoms. The maximum atomic E-state index is 12.9. The first-order valence-electron chi connectivity index (χ1n) is 10.2. The van der Waals surface area contributed by atoms with Gasteiger partial charge >= 0.3 is 0 Å². The molecule has 1 aliphatic rings. The van der Waals surface area contributed by atoms with Crippen molar-refractivity contribution in [1.29, 1.82) is 0 Å². The molecule has 6 heteroatoms. The standard InChI is InChI=1S/C23H28N4O2/c1-29-16-23(10-12-24-13-11-23)22(28)25-14-18-6-8-19(9-7-18)15-27-17-26-20-4-2-3-5-21(20)27/h2-9,17,24H,10-16H2,1H3,(H,25,28). The van der Waals surface area contributed by atoms with E-state index >= 15 is 0 Å². The Morgan fingerprint density at radius 1 is 1.14 bits per heavy atom. The van der Waals surface area contributed by atoms with Gasteiger partial charge in [0.2, 0.25) is 5.91 Å². The van der Waals surface area contributed by atoms with Crippen LogP contribution < -0.4 is 10.6 Å². The monoisotopic (exact) mass is 392 g/mol. The van der Waals surface area contributed by atoms with Crippen molar-refractivity contribution in [3.8, 4) is 0 Å². The van der Waals surface area contributed by atoms with E-state index in [1.807, 2.05) is 24.5 Å². The lowest BCUT2D eigenvalue weighted by atomic mass is 9.78. The van der Waals surface area contributed by atoms with Crippen LogP contribution in [0.25, 0.3) is 11.0 Å². The predicted octanol–water partition coefficient (Wildman–Crippen LogP) is 2.72. The molecule has 0 spiro atoms. The molecule has 3 aromatic rings. The number of hydrogen-bond acceptors (Lipinski definition) is 4. The summed E-state index contributed by atoms with van der Waals surface area (Å²) in [7, 11) is 1.67. The van der Waals surface area contributed by atoms with Crippen LogP contribution in [0.1, 0.15) is 24.0 Å². The number of ether oxygens (including phenoxy) is 1. The van der Waals surface area contributed by atoms with E-state index in [1.165, 1.54) is 5.56 Å². The van der Waals surface area contributed by atoms with E-state index in [-0.39, 0.29) is 5.91 Å². The Morgan fingerprint density at radius 2 is 1.86 bits per heavy atom. The number of imidazole rings is 1. The molecule has 2 heterocycles. The number of carbonyl (C=O) groups is 1. The molecule has 1 amide bonds. The van der Waals surface area contributed by atoms with Crippen LogP contribution in [0.2, 0.25) is 0 Å². The predicted molar refractivity (Wildman–Crippen MR) is 114 cm³/mol. The Hall–Kier alpha value is -2.70. The van der Waals surface area contributed by atoms with Gasteiger partial charge in [-0.15, -0.1) is 0 Å². The Balaban J connectivity index is 1.37. The number of piperidine rings is 1. The molecule has 29 heavy (non-hydrogen) atoms. The van der Waals surface area contributed by atoms with Crippen LogP contribution in [0.3, 0.4) is 0 Å². The minimum absolute atomic E-state index is 0.0924. The van der Waals surface area contributed by atoms with Crippen molar-refractivity contribution >= 4 is 16.9 Å². The van der Waals surface area contributed by atoms with Crippen molar-refractivity contribution in [2.45, 2.75) is 25.9 Å². The average Bonchev–Trinajstić information content (AvgIpc) is 3.17. The van der Waals surface area contributed by atoms with Crippen molar-refractivity contribution < 1.29 is 9.53 Å². The van der Waals surface area contributed by atoms with Gasteiger partial charge in [0.05, 0.1) is 29.4 Å². The smallest absolute Gasteiger partial charge is 0.228 e. The largest absolute Gasteiger partial charge is 0.384 e. The molecule has 0 unspecified atom stereocenters. The van der Waals surface area contributed by atoms with E-state index in [0.29, 0.717) is 13.2 Å². The lowest BCUT2D eigenvalue weighted by Crippen LogP contribution is -2.49. The highest BCUT2D eigenvalue weighted by Crippen LogP contribution is 2.29. The van der Waals surface area contributed by atoms with Crippen molar-refractivity contribution in [2.75, 3.05) is 26.8 Å². The first-order valence-corrected chi connectivity index (χ1v) is 10.2. The summed E-state index contributed by atoms with van der Waals surface area (Å²) >= 11 is 0. The van der Waals surface area contributed by atoms with Crippen LogP contribution in [-0.2, 0) is 22.6 Å². The van der Waals surface area contributed by atoms with Crippen LogP contribution >= 0.6 is 0 Å². The Kier molecular flexibility index (Phi) is 5.92. The fraction of sp³-hybridized carbons (Fsp3) is 0.391. The molecule has 4 rings (SSSR count). The van der Waals surface area contributed by atoms with Gasteiger partial charge in [-0.2, -0.15) is 0 Å². The summed E-state index contributed by atoms with van der Waals surface area (Å²) in [6.45, 7) is 3.49. The molecule has 152 valence electrons. The van der Waals surface area contributed by atoms with Crippen LogP contribution in [0, 0.1) is 5.41 Å². The van der Waals surface area contributed by atoms with E-state index in [0.717, 1.165) is 49.1 Å². The van der Waals surface area contributed by atoms with Crippen LogP contribution in [0.5, 0.6) is 0 Å². The van der Waals surface area contributed by atoms with Crippen molar-refractivity contribution in [3.05, 3.63) is 66.0 Å². The van der Waals surface area contributed by atoms with Crippen LogP contribution in [0.4, 0.5) is 0 Å². The molecule has 1 saturated heterocycles. The number of hydrogen-bond donors (Lipinski definition) is 2. The first kappa shape index (κ1) is 19.6. The van der Waals surface area contributed by atoms with Gasteiger partial charge < -0.3 is 19.9 Å². The summed E-state index contributed by atoms with van der Waals surface area (Å²) < 4.78 is 7.51. The minimum atomic E-state index is -0.414. The Labute approximate surface area is 171 Å². The molecule has 1 aliphatic heterocycles. The molecule has 1 fully saturated rings. The lowest BCUT2D eigenvalue weighted by molar-refractivity contribution is -0.136. The van der Waals surface area contributed by atoms with Crippen molar-refractivity contribution in [2.24, 2.45) is 5.41 Å². The van der Waals surface area contributed by atoms with Gasteiger partial charge in [0.25, 0.3) is 0 Å². The number of rotatable bonds is 7. The highest BCUT2D eigenvalue weighted by Gasteiger charge is 2.39. The second-order valence-electron chi connectivity index (χ2n) is 7.82. The Morgan fingerprint density at radius 3 is 2.62 bits per heavy atom. The topological polar surface area (TPSA) is 68.2 Å². The van der Waals surface area contributed by atoms with Gasteiger partial charge in [0.15, 0.2) is 0 Å². The maximum Gasteiger partial charge on any atom is 0.228 e. The van der Waals surface area contributed by atoms with Crippen LogP contribution in [0.15, 0.2) is 54.9 Å². The van der Waals surface area contributed by atoms with Gasteiger partial charge in [0, 0.05) is 20.2 Å². The fourth-order valence-electron chi connectivity index (χ4n) is 4.08. The number of para-hydroxylation sites is 2. The normalized spacial score (nSPS) is 16.0. The van der Waals surface area contributed by atoms with Gasteiger partial charge in [0.1, 0.15) is 0 Å². The van der Waals surface area contributed by atoms with E-state index in [1.54, 1.807) is 7.11 Å². The number of fused-ring (bicyclic) bond motifs is 1. The van der Waals surface area contributed by atoms with Crippen molar-refractivity contribution in [1.82, 2.24) is 20.2 Å². The molecule has 0 atom stereocenters. The zero-order valence-corrected chi connectivity index (χ0v) is 16.9. The molecule has 1 aromatic heterocycles. The molecule has 6 nitrogen and oxygen atoms in total. The summed E-state index contributed by atoms with van der Waals surface area (Å²) in [5.74, 6) is 0.0924. The van der Waals surface area contributed by atoms with Gasteiger partial charge in [-0.3, -0.25) is 4.79 Å². The molecule has 2 aromatic carbocycles. The lowest BCUT2D eigenvalue weighted by Gasteiger charge is -2.35. The number of amides is 1. The van der Waals surface area contributed by atoms with Gasteiger partial charge in [-0.05, 0) is 49.2 Å². The number of carbonyl (C=O) groups excluding carboxylic acids is 1. The molecule has 2 N–H and O–H groups in total. The number of aromatic nitrogens is 2. The molecular formula is C23H28N4O2. The molecule has 0 saturated carbocycles. The third kappa shape index (κ3) is 4.33. The number of benzene rings is 2. The highest BCUT2D eigenvalue weighted by molar-refractivity contribution is 5.83. The zero-order chi connectivity index (χ0) is 20.1. The highest BCUT2D eigenvalue weighted by atomic mass is 16.5. The summed E-state index contributed by atoms with van der Waals surface area (Å²) in [6.07, 6.45) is 3.50. The second kappa shape index (κ2) is 8.76. The number of methoxy groups -OCH3 is 1. The molecule has 0 aliphatic carbocycles. The quantitative estimate of drug-likeness (QED) is 0.649. The van der Waals surface area contributed by atoms with Crippen molar-refractivity contribution in [3.63, 3.8) is 0 Å². The maximum absolute atomic E-state index is 12.9. The summed E-state index contributed by atoms with van der Waals surface area (Å²) in [4.78, 5) is 17.3. The SMILES string of the molecule is COCC1(C(=O)NCc2ccc(Cn3cnc4ccccc43)cc2)CCNCC1.